The van der Waals surface area contributed by atoms with Crippen LogP contribution < -0.4 is 4.90 Å². The molecule has 0 amide bonds. The molecule has 2 aromatic heterocycles. The van der Waals surface area contributed by atoms with Gasteiger partial charge in [0.05, 0.1) is 24.0 Å². The number of thiazole rings is 1. The number of hydrogen-bond acceptors (Lipinski definition) is 8. The highest BCUT2D eigenvalue weighted by Gasteiger charge is 2.50. The number of benzene rings is 1. The zero-order valence-electron chi connectivity index (χ0n) is 19.6. The second-order valence-corrected chi connectivity index (χ2v) is 11.6. The molecule has 0 unspecified atom stereocenters. The minimum atomic E-state index is -0.852. The second-order valence-electron chi connectivity index (χ2n) is 10.5. The van der Waals surface area contributed by atoms with Crippen LogP contribution in [0.4, 0.5) is 10.2 Å². The Morgan fingerprint density at radius 2 is 2.03 bits per heavy atom. The van der Waals surface area contributed by atoms with Gasteiger partial charge in [0.15, 0.2) is 11.6 Å². The lowest BCUT2D eigenvalue weighted by molar-refractivity contribution is 0.00942. The number of alkyl halides is 1. The Morgan fingerprint density at radius 3 is 2.71 bits per heavy atom. The van der Waals surface area contributed by atoms with E-state index in [0.717, 1.165) is 38.5 Å². The molecule has 3 aromatic rings. The van der Waals surface area contributed by atoms with Crippen molar-refractivity contribution in [2.75, 3.05) is 4.90 Å². The quantitative estimate of drug-likeness (QED) is 0.503. The maximum atomic E-state index is 15.6. The Morgan fingerprint density at radius 1 is 1.17 bits per heavy atom. The van der Waals surface area contributed by atoms with Crippen LogP contribution in [-0.4, -0.2) is 43.5 Å². The highest BCUT2D eigenvalue weighted by Crippen LogP contribution is 2.52. The molecule has 2 bridgehead atoms. The molecule has 3 aliphatic carbocycles. The van der Waals surface area contributed by atoms with Crippen molar-refractivity contribution in [2.24, 2.45) is 11.3 Å². The second kappa shape index (κ2) is 8.52. The molecule has 3 fully saturated rings. The first-order valence-corrected chi connectivity index (χ1v) is 13.1. The van der Waals surface area contributed by atoms with Gasteiger partial charge in [-0.1, -0.05) is 19.4 Å². The van der Waals surface area contributed by atoms with Crippen LogP contribution in [0.2, 0.25) is 0 Å². The summed E-state index contributed by atoms with van der Waals surface area (Å²) in [5.41, 5.74) is 1.38. The van der Waals surface area contributed by atoms with Crippen LogP contribution in [0.3, 0.4) is 0 Å². The number of aromatic nitrogens is 4. The number of anilines is 1. The van der Waals surface area contributed by atoms with Crippen LogP contribution >= 0.6 is 11.3 Å². The number of phenols is 1. The highest BCUT2D eigenvalue weighted by molar-refractivity contribution is 7.15. The van der Waals surface area contributed by atoms with Crippen LogP contribution in [0, 0.1) is 22.7 Å². The number of hydrogen-bond donors (Lipinski definition) is 1. The summed E-state index contributed by atoms with van der Waals surface area (Å²) in [7, 11) is 0. The van der Waals surface area contributed by atoms with Gasteiger partial charge in [-0.3, -0.25) is 0 Å². The molecule has 1 aromatic carbocycles. The minimum absolute atomic E-state index is 0.0154. The molecule has 180 valence electrons. The topological polar surface area (TPSA) is 98.8 Å². The molecule has 35 heavy (non-hydrogen) atoms. The van der Waals surface area contributed by atoms with E-state index in [1.807, 2.05) is 6.07 Å². The molecular formula is C26H27FN6OS. The van der Waals surface area contributed by atoms with Crippen molar-refractivity contribution in [3.63, 3.8) is 0 Å². The summed E-state index contributed by atoms with van der Waals surface area (Å²) in [6, 6.07) is 7.33. The highest BCUT2D eigenvalue weighted by atomic mass is 32.1. The van der Waals surface area contributed by atoms with Gasteiger partial charge in [-0.05, 0) is 62.0 Å². The molecule has 0 spiro atoms. The van der Waals surface area contributed by atoms with Gasteiger partial charge in [0.25, 0.3) is 0 Å². The molecule has 2 heterocycles. The lowest BCUT2D eigenvalue weighted by Crippen LogP contribution is -2.54. The van der Waals surface area contributed by atoms with Gasteiger partial charge in [0.2, 0.25) is 0 Å². The van der Waals surface area contributed by atoms with Crippen molar-refractivity contribution in [1.82, 2.24) is 20.2 Å². The molecule has 7 nitrogen and oxygen atoms in total. The zero-order valence-corrected chi connectivity index (χ0v) is 20.4. The van der Waals surface area contributed by atoms with Crippen LogP contribution in [0.1, 0.15) is 56.7 Å². The summed E-state index contributed by atoms with van der Waals surface area (Å²) in [6.45, 7) is 2.31. The van der Waals surface area contributed by atoms with Crippen LogP contribution in [0.15, 0.2) is 30.6 Å². The van der Waals surface area contributed by atoms with Crippen molar-refractivity contribution >= 4 is 17.2 Å². The Bertz CT molecular complexity index is 1290. The SMILES string of the molecule is C[C@]12CCC[C@H](C1)[C@H](F)[C@H](N(c1cnc(-c3ccc(-c4ncc(C#N)s4)cc3O)nn1)C1CC1)C2. The summed E-state index contributed by atoms with van der Waals surface area (Å²) >= 11 is 1.27. The standard InChI is InChI=1S/C26H27FN6OS/c1-26-8-2-3-16(10-26)23(27)20(11-26)33(17-5-6-17)22-14-29-24(32-31-22)19-7-4-15(9-21(19)34)25-30-13-18(12-28)35-25/h4,7,9,13-14,16-17,20,23,34H,2-3,5-6,8,10-11H2,1H3/t16-,20-,23+,26+/m1/s1. The maximum Gasteiger partial charge on any atom is 0.185 e. The first-order valence-electron chi connectivity index (χ1n) is 12.3. The molecular weight excluding hydrogens is 463 g/mol. The summed E-state index contributed by atoms with van der Waals surface area (Å²) in [6.07, 6.45) is 9.52. The van der Waals surface area contributed by atoms with E-state index in [0.29, 0.717) is 38.7 Å². The number of nitriles is 1. The Labute approximate surface area is 207 Å². The third kappa shape index (κ3) is 4.14. The smallest absolute Gasteiger partial charge is 0.185 e. The first kappa shape index (κ1) is 22.4. The maximum absolute atomic E-state index is 15.6. The van der Waals surface area contributed by atoms with Gasteiger partial charge in [-0.25, -0.2) is 14.4 Å². The van der Waals surface area contributed by atoms with E-state index in [9.17, 15) is 5.11 Å². The largest absolute Gasteiger partial charge is 0.507 e. The third-order valence-corrected chi connectivity index (χ3v) is 8.79. The van der Waals surface area contributed by atoms with Crippen LogP contribution in [0.5, 0.6) is 5.75 Å². The summed E-state index contributed by atoms with van der Waals surface area (Å²) in [5.74, 6) is 1.08. The van der Waals surface area contributed by atoms with E-state index in [2.05, 4.69) is 38.1 Å². The van der Waals surface area contributed by atoms with Gasteiger partial charge in [-0.2, -0.15) is 5.26 Å². The number of aromatic hydroxyl groups is 1. The van der Waals surface area contributed by atoms with Crippen LogP contribution in [0.25, 0.3) is 22.0 Å². The fourth-order valence-electron chi connectivity index (χ4n) is 6.07. The van der Waals surface area contributed by atoms with Crippen molar-refractivity contribution in [1.29, 1.82) is 5.26 Å². The van der Waals surface area contributed by atoms with Gasteiger partial charge < -0.3 is 10.0 Å². The predicted octanol–water partition coefficient (Wildman–Crippen LogP) is 5.52. The molecule has 0 saturated heterocycles. The Hall–Kier alpha value is -3.12. The van der Waals surface area contributed by atoms with E-state index < -0.39 is 6.17 Å². The van der Waals surface area contributed by atoms with Gasteiger partial charge >= 0.3 is 0 Å². The number of fused-ring (bicyclic) bond motifs is 2. The average Bonchev–Trinajstić information content (AvgIpc) is 3.57. The third-order valence-electron chi connectivity index (χ3n) is 7.84. The molecule has 3 aliphatic rings. The molecule has 9 heteroatoms. The molecule has 1 N–H and O–H groups in total. The number of rotatable bonds is 5. The van der Waals surface area contributed by atoms with Gasteiger partial charge in [0.1, 0.15) is 27.9 Å². The van der Waals surface area contributed by atoms with Crippen LogP contribution in [-0.2, 0) is 0 Å². The van der Waals surface area contributed by atoms with Gasteiger partial charge in [0, 0.05) is 11.6 Å². The fraction of sp³-hybridized carbons (Fsp3) is 0.500. The van der Waals surface area contributed by atoms with E-state index in [1.54, 1.807) is 18.3 Å². The summed E-state index contributed by atoms with van der Waals surface area (Å²) < 4.78 is 15.6. The predicted molar refractivity (Wildman–Crippen MR) is 132 cm³/mol. The zero-order chi connectivity index (χ0) is 24.2. The number of nitrogens with zero attached hydrogens (tertiary/aromatic N) is 6. The van der Waals surface area contributed by atoms with Crippen molar-refractivity contribution < 1.29 is 9.50 Å². The number of phenolic OH excluding ortho intramolecular Hbond substituents is 1. The fourth-order valence-corrected chi connectivity index (χ4v) is 6.78. The Kier molecular flexibility index (Phi) is 5.44. The molecule has 6 rings (SSSR count). The monoisotopic (exact) mass is 490 g/mol. The van der Waals surface area contributed by atoms with E-state index in [4.69, 9.17) is 5.26 Å². The van der Waals surface area contributed by atoms with Crippen molar-refractivity contribution in [3.8, 4) is 33.8 Å². The average molecular weight is 491 g/mol. The molecule has 4 atom stereocenters. The lowest BCUT2D eigenvalue weighted by Gasteiger charge is -2.51. The van der Waals surface area contributed by atoms with Gasteiger partial charge in [-0.15, -0.1) is 21.5 Å². The molecule has 0 radical (unpaired) electrons. The first-order chi connectivity index (χ1) is 16.9. The lowest BCUT2D eigenvalue weighted by atomic mass is 9.60. The van der Waals surface area contributed by atoms with E-state index in [1.165, 1.54) is 24.0 Å². The van der Waals surface area contributed by atoms with E-state index >= 15 is 4.39 Å². The molecule has 0 aliphatic heterocycles. The van der Waals surface area contributed by atoms with Crippen molar-refractivity contribution in [3.05, 3.63) is 35.5 Å². The number of halogens is 1. The Balaban J connectivity index is 1.26. The normalized spacial score (nSPS) is 27.9. The van der Waals surface area contributed by atoms with Crippen molar-refractivity contribution in [2.45, 2.75) is 70.1 Å². The van der Waals surface area contributed by atoms with E-state index in [-0.39, 0.29) is 23.1 Å². The summed E-state index contributed by atoms with van der Waals surface area (Å²) in [4.78, 5) is 11.4. The molecule has 3 saturated carbocycles. The summed E-state index contributed by atoms with van der Waals surface area (Å²) in [5, 5.41) is 29.1. The minimum Gasteiger partial charge on any atom is -0.507 e.